The fourth-order valence-corrected chi connectivity index (χ4v) is 2.78. The largest absolute Gasteiger partial charge is 0.480 e. The minimum absolute atomic E-state index is 0.489. The number of hydrogen-bond acceptors (Lipinski definition) is 4. The first kappa shape index (κ1) is 12.9. The van der Waals surface area contributed by atoms with Gasteiger partial charge in [-0.25, -0.2) is 0 Å². The molecule has 3 rings (SSSR count). The number of benzene rings is 1. The van der Waals surface area contributed by atoms with Crippen molar-refractivity contribution in [2.45, 2.75) is 25.9 Å². The number of aliphatic carboxylic acids is 1. The highest BCUT2D eigenvalue weighted by atomic mass is 16.5. The van der Waals surface area contributed by atoms with Crippen LogP contribution in [0.3, 0.4) is 0 Å². The fraction of sp³-hybridized carbons (Fsp3) is 0.333. The first-order valence-corrected chi connectivity index (χ1v) is 6.62. The quantitative estimate of drug-likeness (QED) is 0.927. The fourth-order valence-electron chi connectivity index (χ4n) is 2.78. The molecule has 0 radical (unpaired) electrons. The lowest BCUT2D eigenvalue weighted by molar-refractivity contribution is -0.144. The molecule has 1 aromatic carbocycles. The standard InChI is InChI=1S/C15H16N2O3/c1-10-8-12(16-20-10)9-17-7-6-11-4-2-3-5-13(11)14(17)15(18)19/h2-5,8,14H,6-7,9H2,1H3,(H,18,19). The van der Waals surface area contributed by atoms with Crippen LogP contribution in [0.25, 0.3) is 0 Å². The zero-order valence-corrected chi connectivity index (χ0v) is 11.2. The van der Waals surface area contributed by atoms with Gasteiger partial charge < -0.3 is 9.63 Å². The van der Waals surface area contributed by atoms with Crippen LogP contribution in [-0.4, -0.2) is 27.7 Å². The van der Waals surface area contributed by atoms with Gasteiger partial charge in [0.05, 0.1) is 5.69 Å². The molecule has 0 spiro atoms. The molecule has 20 heavy (non-hydrogen) atoms. The van der Waals surface area contributed by atoms with Crippen molar-refractivity contribution in [1.82, 2.24) is 10.1 Å². The van der Waals surface area contributed by atoms with Gasteiger partial charge in [-0.05, 0) is 24.5 Å². The van der Waals surface area contributed by atoms with E-state index in [4.69, 9.17) is 4.52 Å². The lowest BCUT2D eigenvalue weighted by atomic mass is 9.92. The lowest BCUT2D eigenvalue weighted by Gasteiger charge is -2.34. The summed E-state index contributed by atoms with van der Waals surface area (Å²) in [5.41, 5.74) is 2.77. The van der Waals surface area contributed by atoms with Gasteiger partial charge in [0.2, 0.25) is 0 Å². The number of rotatable bonds is 3. The van der Waals surface area contributed by atoms with E-state index in [1.165, 1.54) is 0 Å². The van der Waals surface area contributed by atoms with Crippen LogP contribution in [0.4, 0.5) is 0 Å². The second-order valence-corrected chi connectivity index (χ2v) is 5.09. The number of carboxylic acid groups (broad SMARTS) is 1. The molecule has 1 aliphatic heterocycles. The van der Waals surface area contributed by atoms with Gasteiger partial charge in [-0.1, -0.05) is 29.4 Å². The van der Waals surface area contributed by atoms with Gasteiger partial charge in [0, 0.05) is 19.2 Å². The zero-order valence-electron chi connectivity index (χ0n) is 11.2. The molecule has 1 unspecified atom stereocenters. The van der Waals surface area contributed by atoms with E-state index in [1.807, 2.05) is 42.2 Å². The molecular weight excluding hydrogens is 256 g/mol. The Morgan fingerprint density at radius 1 is 1.50 bits per heavy atom. The normalized spacial score (nSPS) is 18.8. The summed E-state index contributed by atoms with van der Waals surface area (Å²) in [6, 6.07) is 8.97. The average Bonchev–Trinajstić information content (AvgIpc) is 2.83. The van der Waals surface area contributed by atoms with E-state index >= 15 is 0 Å². The second-order valence-electron chi connectivity index (χ2n) is 5.09. The Morgan fingerprint density at radius 3 is 3.00 bits per heavy atom. The van der Waals surface area contributed by atoms with Gasteiger partial charge in [-0.15, -0.1) is 0 Å². The second kappa shape index (κ2) is 5.09. The number of aromatic nitrogens is 1. The van der Waals surface area contributed by atoms with E-state index < -0.39 is 12.0 Å². The Balaban J connectivity index is 1.90. The maximum absolute atomic E-state index is 11.6. The van der Waals surface area contributed by atoms with E-state index in [9.17, 15) is 9.90 Å². The highest BCUT2D eigenvalue weighted by Gasteiger charge is 2.33. The van der Waals surface area contributed by atoms with Crippen molar-refractivity contribution in [2.24, 2.45) is 0 Å². The molecule has 104 valence electrons. The topological polar surface area (TPSA) is 66.6 Å². The Bertz CT molecular complexity index is 636. The van der Waals surface area contributed by atoms with Crippen molar-refractivity contribution in [3.05, 3.63) is 52.9 Å². The molecule has 0 saturated carbocycles. The Morgan fingerprint density at radius 2 is 2.30 bits per heavy atom. The van der Waals surface area contributed by atoms with Gasteiger partial charge in [0.1, 0.15) is 11.8 Å². The minimum Gasteiger partial charge on any atom is -0.480 e. The van der Waals surface area contributed by atoms with E-state index in [2.05, 4.69) is 5.16 Å². The van der Waals surface area contributed by atoms with Crippen molar-refractivity contribution < 1.29 is 14.4 Å². The van der Waals surface area contributed by atoms with Crippen LogP contribution in [0.1, 0.15) is 28.6 Å². The van der Waals surface area contributed by atoms with Crippen molar-refractivity contribution in [1.29, 1.82) is 0 Å². The van der Waals surface area contributed by atoms with Crippen molar-refractivity contribution in [3.8, 4) is 0 Å². The van der Waals surface area contributed by atoms with Crippen LogP contribution in [0.15, 0.2) is 34.9 Å². The maximum Gasteiger partial charge on any atom is 0.325 e. The predicted octanol–water partition coefficient (Wildman–Crippen LogP) is 2.17. The summed E-state index contributed by atoms with van der Waals surface area (Å²) in [4.78, 5) is 13.6. The van der Waals surface area contributed by atoms with E-state index in [0.717, 1.165) is 29.0 Å². The number of carbonyl (C=O) groups is 1. The number of nitrogens with zero attached hydrogens (tertiary/aromatic N) is 2. The summed E-state index contributed by atoms with van der Waals surface area (Å²) < 4.78 is 5.05. The first-order valence-electron chi connectivity index (χ1n) is 6.62. The number of fused-ring (bicyclic) bond motifs is 1. The minimum atomic E-state index is -0.822. The lowest BCUT2D eigenvalue weighted by Crippen LogP contribution is -2.39. The highest BCUT2D eigenvalue weighted by molar-refractivity contribution is 5.76. The zero-order chi connectivity index (χ0) is 14.1. The van der Waals surface area contributed by atoms with Gasteiger partial charge in [-0.3, -0.25) is 9.69 Å². The molecule has 0 amide bonds. The molecule has 1 aromatic heterocycles. The highest BCUT2D eigenvalue weighted by Crippen LogP contribution is 2.30. The Labute approximate surface area is 116 Å². The van der Waals surface area contributed by atoms with Gasteiger partial charge in [0.15, 0.2) is 0 Å². The molecule has 0 bridgehead atoms. The van der Waals surface area contributed by atoms with Crippen LogP contribution >= 0.6 is 0 Å². The van der Waals surface area contributed by atoms with Gasteiger partial charge in [0.25, 0.3) is 0 Å². The van der Waals surface area contributed by atoms with Crippen LogP contribution in [-0.2, 0) is 17.8 Å². The molecule has 0 saturated heterocycles. The number of aryl methyl sites for hydroxylation is 1. The van der Waals surface area contributed by atoms with Crippen LogP contribution in [0, 0.1) is 6.92 Å². The third-order valence-corrected chi connectivity index (χ3v) is 3.66. The van der Waals surface area contributed by atoms with E-state index in [-0.39, 0.29) is 0 Å². The molecule has 2 aromatic rings. The molecule has 1 N–H and O–H groups in total. The molecule has 1 aliphatic rings. The van der Waals surface area contributed by atoms with Crippen molar-refractivity contribution in [3.63, 3.8) is 0 Å². The van der Waals surface area contributed by atoms with Crippen LogP contribution in [0.5, 0.6) is 0 Å². The van der Waals surface area contributed by atoms with Crippen LogP contribution in [0.2, 0.25) is 0 Å². The number of hydrogen-bond donors (Lipinski definition) is 1. The third kappa shape index (κ3) is 2.32. The summed E-state index contributed by atoms with van der Waals surface area (Å²) in [6.45, 7) is 3.03. The SMILES string of the molecule is Cc1cc(CN2CCc3ccccc3C2C(=O)O)no1. The maximum atomic E-state index is 11.6. The summed E-state index contributed by atoms with van der Waals surface area (Å²) in [5, 5.41) is 13.5. The summed E-state index contributed by atoms with van der Waals surface area (Å²) in [6.07, 6.45) is 0.858. The van der Waals surface area contributed by atoms with Crippen molar-refractivity contribution in [2.75, 3.05) is 6.54 Å². The number of carboxylic acids is 1. The molecular formula is C15H16N2O3. The summed E-state index contributed by atoms with van der Waals surface area (Å²) in [7, 11) is 0. The third-order valence-electron chi connectivity index (χ3n) is 3.66. The smallest absolute Gasteiger partial charge is 0.325 e. The van der Waals surface area contributed by atoms with E-state index in [1.54, 1.807) is 0 Å². The Hall–Kier alpha value is -2.14. The Kier molecular flexibility index (Phi) is 3.28. The van der Waals surface area contributed by atoms with Crippen LogP contribution < -0.4 is 0 Å². The monoisotopic (exact) mass is 272 g/mol. The molecule has 1 atom stereocenters. The molecule has 2 heterocycles. The molecule has 0 fully saturated rings. The average molecular weight is 272 g/mol. The first-order chi connectivity index (χ1) is 9.65. The van der Waals surface area contributed by atoms with Gasteiger partial charge >= 0.3 is 5.97 Å². The predicted molar refractivity (Wildman–Crippen MR) is 72.2 cm³/mol. The molecule has 5 nitrogen and oxygen atoms in total. The van der Waals surface area contributed by atoms with E-state index in [0.29, 0.717) is 13.1 Å². The van der Waals surface area contributed by atoms with Crippen molar-refractivity contribution >= 4 is 5.97 Å². The molecule has 0 aliphatic carbocycles. The summed E-state index contributed by atoms with van der Waals surface area (Å²) in [5.74, 6) is -0.0818. The molecule has 5 heteroatoms. The summed E-state index contributed by atoms with van der Waals surface area (Å²) >= 11 is 0. The van der Waals surface area contributed by atoms with Gasteiger partial charge in [-0.2, -0.15) is 0 Å².